The van der Waals surface area contributed by atoms with Crippen LogP contribution in [0.15, 0.2) is 42.5 Å². The second-order valence-electron chi connectivity index (χ2n) is 8.72. The van der Waals surface area contributed by atoms with Crippen LogP contribution in [-0.2, 0) is 10.2 Å². The zero-order valence-electron chi connectivity index (χ0n) is 18.4. The lowest BCUT2D eigenvalue weighted by Crippen LogP contribution is -2.68. The van der Waals surface area contributed by atoms with E-state index in [1.165, 1.54) is 19.1 Å². The van der Waals surface area contributed by atoms with Gasteiger partial charge in [0.05, 0.1) is 30.9 Å². The first-order valence-corrected chi connectivity index (χ1v) is 10.8. The number of H-pyrrole nitrogens is 1. The number of nitrogens with one attached hydrogen (secondary N) is 2. The van der Waals surface area contributed by atoms with Crippen molar-refractivity contribution in [2.45, 2.75) is 18.4 Å². The molecule has 3 heterocycles. The predicted octanol–water partition coefficient (Wildman–Crippen LogP) is 3.00. The summed E-state index contributed by atoms with van der Waals surface area (Å²) < 4.78 is 19.3. The minimum absolute atomic E-state index is 0.123. The van der Waals surface area contributed by atoms with E-state index in [-0.39, 0.29) is 18.2 Å². The average molecular weight is 452 g/mol. The van der Waals surface area contributed by atoms with Gasteiger partial charge in [0.2, 0.25) is 5.91 Å². The van der Waals surface area contributed by atoms with Crippen molar-refractivity contribution in [1.82, 2.24) is 14.8 Å². The molecule has 2 aliphatic heterocycles. The molecule has 1 atom stereocenters. The summed E-state index contributed by atoms with van der Waals surface area (Å²) in [6.45, 7) is 2.36. The molecule has 0 saturated carbocycles. The van der Waals surface area contributed by atoms with E-state index in [0.717, 1.165) is 22.2 Å². The lowest BCUT2D eigenvalue weighted by molar-refractivity contribution is -0.135. The number of amides is 3. The van der Waals surface area contributed by atoms with E-state index in [4.69, 9.17) is 4.74 Å². The highest BCUT2D eigenvalue weighted by Gasteiger charge is 2.54. The number of benzene rings is 2. The number of anilines is 1. The van der Waals surface area contributed by atoms with E-state index >= 15 is 0 Å². The van der Waals surface area contributed by atoms with E-state index < -0.39 is 23.3 Å². The number of para-hydroxylation sites is 1. The van der Waals surface area contributed by atoms with Crippen molar-refractivity contribution in [3.05, 3.63) is 59.5 Å². The van der Waals surface area contributed by atoms with E-state index in [9.17, 15) is 19.1 Å². The van der Waals surface area contributed by atoms with Crippen molar-refractivity contribution >= 4 is 28.5 Å². The minimum Gasteiger partial charge on any atom is -0.497 e. The number of hydrogen-bond acceptors (Lipinski definition) is 4. The number of aromatic amines is 1. The van der Waals surface area contributed by atoms with Crippen molar-refractivity contribution in [3.63, 3.8) is 0 Å². The molecule has 1 aromatic heterocycles. The van der Waals surface area contributed by atoms with Crippen molar-refractivity contribution < 1.29 is 23.8 Å². The summed E-state index contributed by atoms with van der Waals surface area (Å²) in [6.07, 6.45) is 0. The van der Waals surface area contributed by atoms with Gasteiger partial charge in [0.25, 0.3) is 0 Å². The number of aliphatic hydroxyl groups excluding tert-OH is 1. The topological polar surface area (TPSA) is 97.9 Å². The van der Waals surface area contributed by atoms with E-state index in [2.05, 4.69) is 10.3 Å². The van der Waals surface area contributed by atoms with Gasteiger partial charge in [0.1, 0.15) is 11.6 Å². The molecule has 1 saturated heterocycles. The first kappa shape index (κ1) is 21.3. The number of hydrogen-bond donors (Lipinski definition) is 3. The summed E-state index contributed by atoms with van der Waals surface area (Å²) in [6, 6.07) is 10.8. The maximum absolute atomic E-state index is 14.0. The summed E-state index contributed by atoms with van der Waals surface area (Å²) >= 11 is 0. The van der Waals surface area contributed by atoms with Crippen molar-refractivity contribution in [3.8, 4) is 5.75 Å². The number of methoxy groups -OCH3 is 1. The van der Waals surface area contributed by atoms with Crippen LogP contribution >= 0.6 is 0 Å². The number of carbonyl (C=O) groups excluding carboxylic acids is 2. The van der Waals surface area contributed by atoms with Gasteiger partial charge in [0, 0.05) is 49.2 Å². The highest BCUT2D eigenvalue weighted by Crippen LogP contribution is 2.48. The number of nitrogens with zero attached hydrogens (tertiary/aromatic N) is 2. The molecule has 172 valence electrons. The smallest absolute Gasteiger partial charge is 0.321 e. The van der Waals surface area contributed by atoms with Gasteiger partial charge in [-0.2, -0.15) is 0 Å². The Hall–Kier alpha value is -3.59. The SMILES string of the molecule is COc1ccc2c3c([nH]c2c1)[C@H](CO)N(C(C)=O)CC31CN(C(=O)Nc2ccccc2F)C1. The maximum Gasteiger partial charge on any atom is 0.321 e. The second kappa shape index (κ2) is 7.77. The highest BCUT2D eigenvalue weighted by molar-refractivity contribution is 5.92. The summed E-state index contributed by atoms with van der Waals surface area (Å²) in [5.41, 5.74) is 2.25. The Kier molecular flexibility index (Phi) is 5.01. The number of carbonyl (C=O) groups is 2. The van der Waals surface area contributed by atoms with E-state index in [1.54, 1.807) is 29.0 Å². The average Bonchev–Trinajstić information content (AvgIpc) is 3.16. The predicted molar refractivity (Wildman–Crippen MR) is 121 cm³/mol. The van der Waals surface area contributed by atoms with Crippen LogP contribution < -0.4 is 10.1 Å². The van der Waals surface area contributed by atoms with Gasteiger partial charge in [-0.25, -0.2) is 9.18 Å². The van der Waals surface area contributed by atoms with Gasteiger partial charge in [-0.3, -0.25) is 4.79 Å². The fraction of sp³-hybridized carbons (Fsp3) is 0.333. The van der Waals surface area contributed by atoms with Crippen molar-refractivity contribution in [2.75, 3.05) is 38.7 Å². The Bertz CT molecular complexity index is 1250. The normalized spacial score (nSPS) is 18.7. The van der Waals surface area contributed by atoms with E-state index in [0.29, 0.717) is 25.4 Å². The molecule has 1 fully saturated rings. The monoisotopic (exact) mass is 452 g/mol. The molecule has 0 unspecified atom stereocenters. The van der Waals surface area contributed by atoms with Crippen LogP contribution in [0.4, 0.5) is 14.9 Å². The minimum atomic E-state index is -0.500. The fourth-order valence-electron chi connectivity index (χ4n) is 5.18. The Morgan fingerprint density at radius 2 is 2.00 bits per heavy atom. The van der Waals surface area contributed by atoms with Crippen molar-refractivity contribution in [1.29, 1.82) is 0 Å². The molecular weight excluding hydrogens is 427 g/mol. The molecular formula is C24H25FN4O4. The second-order valence-corrected chi connectivity index (χ2v) is 8.72. The number of aliphatic hydroxyl groups is 1. The molecule has 3 amide bonds. The van der Waals surface area contributed by atoms with Crippen LogP contribution in [0.1, 0.15) is 24.2 Å². The number of urea groups is 1. The Balaban J connectivity index is 1.51. The quantitative estimate of drug-likeness (QED) is 0.569. The van der Waals surface area contributed by atoms with Gasteiger partial charge in [0.15, 0.2) is 0 Å². The lowest BCUT2D eigenvalue weighted by Gasteiger charge is -2.55. The number of halogens is 1. The third-order valence-corrected chi connectivity index (χ3v) is 6.71. The maximum atomic E-state index is 14.0. The molecule has 0 radical (unpaired) electrons. The molecule has 8 nitrogen and oxygen atoms in total. The zero-order chi connectivity index (χ0) is 23.3. The Morgan fingerprint density at radius 3 is 2.67 bits per heavy atom. The summed E-state index contributed by atoms with van der Waals surface area (Å²) in [5, 5.41) is 13.7. The first-order valence-electron chi connectivity index (χ1n) is 10.8. The van der Waals surface area contributed by atoms with Gasteiger partial charge < -0.3 is 29.9 Å². The van der Waals surface area contributed by atoms with Gasteiger partial charge in [-0.1, -0.05) is 12.1 Å². The molecule has 3 N–H and O–H groups in total. The molecule has 2 aromatic carbocycles. The van der Waals surface area contributed by atoms with Gasteiger partial charge in [-0.15, -0.1) is 0 Å². The molecule has 2 aliphatic rings. The molecule has 3 aromatic rings. The van der Waals surface area contributed by atoms with Crippen LogP contribution in [-0.4, -0.2) is 65.2 Å². The third kappa shape index (κ3) is 3.31. The van der Waals surface area contributed by atoms with Crippen molar-refractivity contribution in [2.24, 2.45) is 0 Å². The van der Waals surface area contributed by atoms with Crippen LogP contribution in [0.25, 0.3) is 10.9 Å². The number of fused-ring (bicyclic) bond motifs is 4. The molecule has 9 heteroatoms. The lowest BCUT2D eigenvalue weighted by atomic mass is 9.69. The molecule has 5 rings (SSSR count). The largest absolute Gasteiger partial charge is 0.497 e. The molecule has 1 spiro atoms. The number of ether oxygens (including phenoxy) is 1. The van der Waals surface area contributed by atoms with Crippen LogP contribution in [0.3, 0.4) is 0 Å². The Morgan fingerprint density at radius 1 is 1.24 bits per heavy atom. The van der Waals surface area contributed by atoms with Gasteiger partial charge >= 0.3 is 6.03 Å². The molecule has 0 aliphatic carbocycles. The first-order chi connectivity index (χ1) is 15.9. The standard InChI is InChI=1S/C24H25FN4O4/c1-14(31)29-13-24(11-28(12-24)23(32)27-18-6-4-3-5-17(18)25)21-16-8-7-15(33-2)9-19(16)26-22(21)20(29)10-30/h3-9,20,26,30H,10-13H2,1-2H3,(H,27,32)/t20-/m0/s1. The van der Waals surface area contributed by atoms with E-state index in [1.807, 2.05) is 18.2 Å². The number of likely N-dealkylation sites (tertiary alicyclic amines) is 1. The highest BCUT2D eigenvalue weighted by atomic mass is 19.1. The summed E-state index contributed by atoms with van der Waals surface area (Å²) in [7, 11) is 1.59. The van der Waals surface area contributed by atoms with Crippen LogP contribution in [0.2, 0.25) is 0 Å². The summed E-state index contributed by atoms with van der Waals surface area (Å²) in [5.74, 6) is 0.0448. The Labute approximate surface area is 189 Å². The fourth-order valence-corrected chi connectivity index (χ4v) is 5.18. The zero-order valence-corrected chi connectivity index (χ0v) is 18.4. The van der Waals surface area contributed by atoms with Gasteiger partial charge in [-0.05, 0) is 29.8 Å². The third-order valence-electron chi connectivity index (χ3n) is 6.71. The summed E-state index contributed by atoms with van der Waals surface area (Å²) in [4.78, 5) is 31.9. The van der Waals surface area contributed by atoms with Crippen LogP contribution in [0.5, 0.6) is 5.75 Å². The number of rotatable bonds is 3. The molecule has 33 heavy (non-hydrogen) atoms. The number of aromatic nitrogens is 1. The van der Waals surface area contributed by atoms with Crippen LogP contribution in [0, 0.1) is 5.82 Å². The molecule has 0 bridgehead atoms.